The minimum atomic E-state index is -1.31. The van der Waals surface area contributed by atoms with Gasteiger partial charge in [0, 0.05) is 30.6 Å². The number of hydrogen-bond acceptors (Lipinski definition) is 5. The first kappa shape index (κ1) is 15.4. The van der Waals surface area contributed by atoms with Crippen LogP contribution in [0.3, 0.4) is 0 Å². The molecule has 1 unspecified atom stereocenters. The smallest absolute Gasteiger partial charge is 0.341 e. The summed E-state index contributed by atoms with van der Waals surface area (Å²) in [7, 11) is 0. The molecule has 0 aromatic carbocycles. The van der Waals surface area contributed by atoms with Crippen LogP contribution < -0.4 is 10.3 Å². The molecule has 1 saturated carbocycles. The zero-order valence-electron chi connectivity index (χ0n) is 12.8. The summed E-state index contributed by atoms with van der Waals surface area (Å²) in [5, 5.41) is 9.42. The average molecular weight is 349 g/mol. The molecule has 8 heteroatoms. The van der Waals surface area contributed by atoms with E-state index in [0.29, 0.717) is 18.7 Å². The van der Waals surface area contributed by atoms with Gasteiger partial charge >= 0.3 is 5.97 Å². The second-order valence-electron chi connectivity index (χ2n) is 6.37. The number of pyridine rings is 2. The number of aromatic nitrogens is 2. The van der Waals surface area contributed by atoms with Crippen molar-refractivity contribution in [1.29, 1.82) is 0 Å². The molecule has 1 N–H and O–H groups in total. The molecule has 2 fully saturated rings. The van der Waals surface area contributed by atoms with E-state index in [1.54, 1.807) is 4.57 Å². The molecule has 3 heterocycles. The first-order chi connectivity index (χ1) is 11.5. The van der Waals surface area contributed by atoms with E-state index in [0.717, 1.165) is 25.3 Å². The van der Waals surface area contributed by atoms with Gasteiger partial charge in [0.1, 0.15) is 11.2 Å². The van der Waals surface area contributed by atoms with E-state index in [-0.39, 0.29) is 28.1 Å². The first-order valence-electron chi connectivity index (χ1n) is 7.87. The predicted octanol–water partition coefficient (Wildman–Crippen LogP) is 2.08. The van der Waals surface area contributed by atoms with Crippen LogP contribution in [0, 0.1) is 5.82 Å². The van der Waals surface area contributed by atoms with Crippen molar-refractivity contribution in [2.45, 2.75) is 30.6 Å². The molecule has 1 atom stereocenters. The number of carboxylic acid groups (broad SMARTS) is 1. The Morgan fingerprint density at radius 3 is 2.71 bits per heavy atom. The average Bonchev–Trinajstić information content (AvgIpc) is 3.28. The SMILES string of the molecule is O=C(O)c1cn(C2CC2)c2nc(N3CCC(S)C3)c(F)cc2c1=O. The number of carboxylic acids is 1. The normalized spacial score (nSPS) is 20.8. The molecular formula is C16H16FN3O3S. The highest BCUT2D eigenvalue weighted by Gasteiger charge is 2.29. The summed E-state index contributed by atoms with van der Waals surface area (Å²) in [5.74, 6) is -1.71. The zero-order valence-corrected chi connectivity index (χ0v) is 13.7. The summed E-state index contributed by atoms with van der Waals surface area (Å²) in [6.45, 7) is 1.25. The Morgan fingerprint density at radius 2 is 2.12 bits per heavy atom. The quantitative estimate of drug-likeness (QED) is 0.830. The molecule has 0 spiro atoms. The third kappa shape index (κ3) is 2.45. The van der Waals surface area contributed by atoms with Gasteiger partial charge in [0.25, 0.3) is 0 Å². The lowest BCUT2D eigenvalue weighted by Gasteiger charge is -2.19. The maximum atomic E-state index is 14.5. The Kier molecular flexibility index (Phi) is 3.52. The molecule has 126 valence electrons. The predicted molar refractivity (Wildman–Crippen MR) is 90.8 cm³/mol. The summed E-state index contributed by atoms with van der Waals surface area (Å²) in [6.07, 6.45) is 3.97. The number of anilines is 1. The fraction of sp³-hybridized carbons (Fsp3) is 0.438. The third-order valence-corrected chi connectivity index (χ3v) is 4.99. The molecule has 2 aromatic rings. The maximum Gasteiger partial charge on any atom is 0.341 e. The molecule has 4 rings (SSSR count). The van der Waals surface area contributed by atoms with E-state index < -0.39 is 17.2 Å². The van der Waals surface area contributed by atoms with E-state index in [1.165, 1.54) is 6.20 Å². The van der Waals surface area contributed by atoms with E-state index in [1.807, 2.05) is 4.90 Å². The van der Waals surface area contributed by atoms with Crippen molar-refractivity contribution in [1.82, 2.24) is 9.55 Å². The molecule has 6 nitrogen and oxygen atoms in total. The van der Waals surface area contributed by atoms with Crippen LogP contribution in [0.15, 0.2) is 17.1 Å². The number of aromatic carboxylic acids is 1. The highest BCUT2D eigenvalue weighted by atomic mass is 32.1. The van der Waals surface area contributed by atoms with Gasteiger partial charge in [-0.05, 0) is 25.3 Å². The number of rotatable bonds is 3. The molecule has 0 radical (unpaired) electrons. The lowest BCUT2D eigenvalue weighted by Crippen LogP contribution is -2.24. The molecule has 24 heavy (non-hydrogen) atoms. The third-order valence-electron chi connectivity index (χ3n) is 4.57. The Hall–Kier alpha value is -2.09. The highest BCUT2D eigenvalue weighted by molar-refractivity contribution is 7.81. The van der Waals surface area contributed by atoms with Crippen LogP contribution in [-0.2, 0) is 0 Å². The number of nitrogens with zero attached hydrogens (tertiary/aromatic N) is 3. The summed E-state index contributed by atoms with van der Waals surface area (Å²) in [6, 6.07) is 1.24. The maximum absolute atomic E-state index is 14.5. The molecule has 1 saturated heterocycles. The van der Waals surface area contributed by atoms with Crippen LogP contribution in [0.4, 0.5) is 10.2 Å². The molecule has 0 bridgehead atoms. The van der Waals surface area contributed by atoms with Gasteiger partial charge in [-0.2, -0.15) is 12.6 Å². The number of carbonyl (C=O) groups is 1. The van der Waals surface area contributed by atoms with Crippen LogP contribution in [0.5, 0.6) is 0 Å². The summed E-state index contributed by atoms with van der Waals surface area (Å²) < 4.78 is 16.2. The van der Waals surface area contributed by atoms with Crippen LogP contribution in [0.25, 0.3) is 11.0 Å². The lowest BCUT2D eigenvalue weighted by molar-refractivity contribution is 0.0695. The van der Waals surface area contributed by atoms with Gasteiger partial charge in [-0.1, -0.05) is 0 Å². The van der Waals surface area contributed by atoms with Crippen LogP contribution in [-0.4, -0.2) is 39.0 Å². The number of halogens is 1. The minimum Gasteiger partial charge on any atom is -0.477 e. The Labute approximate surface area is 142 Å². The van der Waals surface area contributed by atoms with Gasteiger partial charge in [-0.25, -0.2) is 14.2 Å². The molecular weight excluding hydrogens is 333 g/mol. The highest BCUT2D eigenvalue weighted by Crippen LogP contribution is 2.37. The van der Waals surface area contributed by atoms with Crippen molar-refractivity contribution in [3.8, 4) is 0 Å². The van der Waals surface area contributed by atoms with Gasteiger partial charge in [0.05, 0.1) is 5.39 Å². The fourth-order valence-electron chi connectivity index (χ4n) is 3.18. The largest absolute Gasteiger partial charge is 0.477 e. The van der Waals surface area contributed by atoms with Crippen molar-refractivity contribution >= 4 is 35.4 Å². The molecule has 2 aliphatic rings. The summed E-state index contributed by atoms with van der Waals surface area (Å²) in [4.78, 5) is 29.9. The second-order valence-corrected chi connectivity index (χ2v) is 7.10. The van der Waals surface area contributed by atoms with E-state index in [4.69, 9.17) is 0 Å². The van der Waals surface area contributed by atoms with Gasteiger partial charge in [0.15, 0.2) is 11.6 Å². The van der Waals surface area contributed by atoms with Crippen LogP contribution >= 0.6 is 12.6 Å². The van der Waals surface area contributed by atoms with Crippen LogP contribution in [0.2, 0.25) is 0 Å². The van der Waals surface area contributed by atoms with Crippen LogP contribution in [0.1, 0.15) is 35.7 Å². The van der Waals surface area contributed by atoms with Crippen molar-refractivity contribution in [2.75, 3.05) is 18.0 Å². The zero-order chi connectivity index (χ0) is 17.0. The Bertz CT molecular complexity index is 910. The Balaban J connectivity index is 1.95. The number of fused-ring (bicyclic) bond motifs is 1. The fourth-order valence-corrected chi connectivity index (χ4v) is 3.49. The monoisotopic (exact) mass is 349 g/mol. The van der Waals surface area contributed by atoms with Crippen molar-refractivity contribution < 1.29 is 14.3 Å². The molecule has 1 aliphatic heterocycles. The lowest BCUT2D eigenvalue weighted by atomic mass is 10.2. The minimum absolute atomic E-state index is 0.0182. The van der Waals surface area contributed by atoms with E-state index >= 15 is 0 Å². The first-order valence-corrected chi connectivity index (χ1v) is 8.39. The second kappa shape index (κ2) is 5.47. The van der Waals surface area contributed by atoms with E-state index in [9.17, 15) is 19.1 Å². The summed E-state index contributed by atoms with van der Waals surface area (Å²) >= 11 is 4.41. The van der Waals surface area contributed by atoms with Gasteiger partial charge in [-0.15, -0.1) is 0 Å². The van der Waals surface area contributed by atoms with Crippen molar-refractivity contribution in [3.05, 3.63) is 33.9 Å². The van der Waals surface area contributed by atoms with Gasteiger partial charge in [0.2, 0.25) is 5.43 Å². The van der Waals surface area contributed by atoms with Gasteiger partial charge < -0.3 is 14.6 Å². The molecule has 1 aliphatic carbocycles. The number of hydrogen-bond donors (Lipinski definition) is 2. The molecule has 0 amide bonds. The van der Waals surface area contributed by atoms with Crippen molar-refractivity contribution in [2.24, 2.45) is 0 Å². The topological polar surface area (TPSA) is 75.4 Å². The standard InChI is InChI=1S/C16H16FN3O3S/c17-12-5-10-13(21)11(16(22)23)7-20(8-1-2-8)14(10)18-15(12)19-4-3-9(24)6-19/h5,7-9,24H,1-4,6H2,(H,22,23). The van der Waals surface area contributed by atoms with Gasteiger partial charge in [-0.3, -0.25) is 4.79 Å². The van der Waals surface area contributed by atoms with E-state index in [2.05, 4.69) is 17.6 Å². The molecule has 2 aromatic heterocycles. The number of thiol groups is 1. The van der Waals surface area contributed by atoms with Crippen molar-refractivity contribution in [3.63, 3.8) is 0 Å². The summed E-state index contributed by atoms with van der Waals surface area (Å²) in [5.41, 5.74) is -0.688. The Morgan fingerprint density at radius 1 is 1.38 bits per heavy atom.